The maximum absolute atomic E-state index is 12.5. The van der Waals surface area contributed by atoms with Gasteiger partial charge in [0.25, 0.3) is 6.43 Å². The number of rotatable bonds is 3. The van der Waals surface area contributed by atoms with E-state index in [2.05, 4.69) is 0 Å². The van der Waals surface area contributed by atoms with Crippen LogP contribution in [0.15, 0.2) is 18.2 Å². The lowest BCUT2D eigenvalue weighted by atomic mass is 10.0. The SMILES string of the molecule is COc1ccc(C(C)=O)c(C(F)F)c1. The molecular weight excluding hydrogens is 190 g/mol. The molecule has 0 aliphatic rings. The summed E-state index contributed by atoms with van der Waals surface area (Å²) in [6.07, 6.45) is -2.66. The smallest absolute Gasteiger partial charge is 0.264 e. The standard InChI is InChI=1S/C10H10F2O2/c1-6(13)8-4-3-7(14-2)5-9(8)10(11)12/h3-5,10H,1-2H3. The highest BCUT2D eigenvalue weighted by molar-refractivity contribution is 5.95. The molecule has 0 N–H and O–H groups in total. The molecule has 0 aliphatic carbocycles. The number of hydrogen-bond donors (Lipinski definition) is 0. The van der Waals surface area contributed by atoms with Gasteiger partial charge in [-0.05, 0) is 25.1 Å². The average Bonchev–Trinajstić information content (AvgIpc) is 2.16. The highest BCUT2D eigenvalue weighted by Crippen LogP contribution is 2.27. The molecule has 0 saturated carbocycles. The first-order valence-electron chi connectivity index (χ1n) is 4.03. The van der Waals surface area contributed by atoms with Crippen molar-refractivity contribution in [2.75, 3.05) is 7.11 Å². The molecule has 4 heteroatoms. The van der Waals surface area contributed by atoms with Crippen molar-refractivity contribution >= 4 is 5.78 Å². The van der Waals surface area contributed by atoms with E-state index < -0.39 is 6.43 Å². The second kappa shape index (κ2) is 4.17. The highest BCUT2D eigenvalue weighted by atomic mass is 19.3. The third-order valence-corrected chi connectivity index (χ3v) is 1.87. The predicted molar refractivity (Wildman–Crippen MR) is 48.0 cm³/mol. The molecule has 1 aromatic carbocycles. The molecule has 0 aliphatic heterocycles. The van der Waals surface area contributed by atoms with Gasteiger partial charge in [-0.2, -0.15) is 0 Å². The Hall–Kier alpha value is -1.45. The fourth-order valence-corrected chi connectivity index (χ4v) is 1.17. The van der Waals surface area contributed by atoms with E-state index in [-0.39, 0.29) is 16.9 Å². The summed E-state index contributed by atoms with van der Waals surface area (Å²) in [6, 6.07) is 4.02. The van der Waals surface area contributed by atoms with Crippen LogP contribution in [0.5, 0.6) is 5.75 Å². The lowest BCUT2D eigenvalue weighted by molar-refractivity contribution is 0.0999. The van der Waals surface area contributed by atoms with Crippen LogP contribution in [-0.2, 0) is 0 Å². The monoisotopic (exact) mass is 200 g/mol. The van der Waals surface area contributed by atoms with E-state index in [0.717, 1.165) is 0 Å². The summed E-state index contributed by atoms with van der Waals surface area (Å²) < 4.78 is 29.8. The largest absolute Gasteiger partial charge is 0.497 e. The fraction of sp³-hybridized carbons (Fsp3) is 0.300. The number of alkyl halides is 2. The van der Waals surface area contributed by atoms with Crippen LogP contribution in [0.25, 0.3) is 0 Å². The van der Waals surface area contributed by atoms with Crippen molar-refractivity contribution < 1.29 is 18.3 Å². The van der Waals surface area contributed by atoms with Gasteiger partial charge in [-0.15, -0.1) is 0 Å². The van der Waals surface area contributed by atoms with Crippen LogP contribution in [0.4, 0.5) is 8.78 Å². The minimum Gasteiger partial charge on any atom is -0.497 e. The molecule has 0 heterocycles. The molecular formula is C10H10F2O2. The van der Waals surface area contributed by atoms with Gasteiger partial charge in [-0.3, -0.25) is 4.79 Å². The Morgan fingerprint density at radius 1 is 1.43 bits per heavy atom. The third-order valence-electron chi connectivity index (χ3n) is 1.87. The third kappa shape index (κ3) is 2.07. The molecule has 0 bridgehead atoms. The number of benzene rings is 1. The topological polar surface area (TPSA) is 26.3 Å². The molecule has 2 nitrogen and oxygen atoms in total. The minimum atomic E-state index is -2.66. The van der Waals surface area contributed by atoms with Crippen LogP contribution < -0.4 is 4.74 Å². The summed E-state index contributed by atoms with van der Waals surface area (Å²) in [5.41, 5.74) is -0.238. The lowest BCUT2D eigenvalue weighted by Gasteiger charge is -2.07. The van der Waals surface area contributed by atoms with Gasteiger partial charge in [0.1, 0.15) is 5.75 Å². The Balaban J connectivity index is 3.24. The Kier molecular flexibility index (Phi) is 3.17. The van der Waals surface area contributed by atoms with Crippen LogP contribution in [-0.4, -0.2) is 12.9 Å². The molecule has 0 spiro atoms. The first-order chi connectivity index (χ1) is 6.56. The van der Waals surface area contributed by atoms with E-state index in [4.69, 9.17) is 4.74 Å². The summed E-state index contributed by atoms with van der Waals surface area (Å²) in [4.78, 5) is 11.0. The van der Waals surface area contributed by atoms with E-state index in [9.17, 15) is 13.6 Å². The normalized spacial score (nSPS) is 10.4. The van der Waals surface area contributed by atoms with Gasteiger partial charge in [-0.25, -0.2) is 8.78 Å². The number of ketones is 1. The van der Waals surface area contributed by atoms with Crippen LogP contribution in [0, 0.1) is 0 Å². The molecule has 0 atom stereocenters. The van der Waals surface area contributed by atoms with Crippen molar-refractivity contribution in [1.29, 1.82) is 0 Å². The molecule has 0 amide bonds. The predicted octanol–water partition coefficient (Wildman–Crippen LogP) is 2.84. The van der Waals surface area contributed by atoms with Crippen LogP contribution in [0.1, 0.15) is 29.3 Å². The number of methoxy groups -OCH3 is 1. The number of carbonyl (C=O) groups is 1. The maximum atomic E-state index is 12.5. The zero-order valence-corrected chi connectivity index (χ0v) is 7.88. The Morgan fingerprint density at radius 2 is 2.07 bits per heavy atom. The van der Waals surface area contributed by atoms with E-state index in [1.165, 1.54) is 32.2 Å². The number of ether oxygens (including phenoxy) is 1. The summed E-state index contributed by atoms with van der Waals surface area (Å²) in [6.45, 7) is 1.26. The second-order valence-corrected chi connectivity index (χ2v) is 2.81. The van der Waals surface area contributed by atoms with Crippen molar-refractivity contribution in [3.63, 3.8) is 0 Å². The molecule has 1 aromatic rings. The molecule has 76 valence electrons. The van der Waals surface area contributed by atoms with Crippen LogP contribution in [0.2, 0.25) is 0 Å². The number of Topliss-reactive ketones (excluding diaryl/α,β-unsaturated/α-hetero) is 1. The summed E-state index contributed by atoms with van der Waals surface area (Å²) in [5.74, 6) is -0.0479. The van der Waals surface area contributed by atoms with Crippen LogP contribution in [0.3, 0.4) is 0 Å². The quantitative estimate of drug-likeness (QED) is 0.701. The first-order valence-corrected chi connectivity index (χ1v) is 4.03. The van der Waals surface area contributed by atoms with Gasteiger partial charge in [0.15, 0.2) is 5.78 Å². The zero-order chi connectivity index (χ0) is 10.7. The summed E-state index contributed by atoms with van der Waals surface area (Å²) in [7, 11) is 1.39. The molecule has 0 saturated heterocycles. The molecule has 1 rings (SSSR count). The lowest BCUT2D eigenvalue weighted by Crippen LogP contribution is -2.00. The van der Waals surface area contributed by atoms with Gasteiger partial charge < -0.3 is 4.74 Å². The van der Waals surface area contributed by atoms with E-state index in [1.54, 1.807) is 0 Å². The molecule has 0 unspecified atom stereocenters. The van der Waals surface area contributed by atoms with Gasteiger partial charge in [0.05, 0.1) is 7.11 Å². The van der Waals surface area contributed by atoms with Gasteiger partial charge in [-0.1, -0.05) is 0 Å². The Morgan fingerprint density at radius 3 is 2.50 bits per heavy atom. The molecule has 14 heavy (non-hydrogen) atoms. The molecule has 0 radical (unpaired) electrons. The number of hydrogen-bond acceptors (Lipinski definition) is 2. The van der Waals surface area contributed by atoms with Crippen molar-refractivity contribution in [3.8, 4) is 5.75 Å². The van der Waals surface area contributed by atoms with Gasteiger partial charge >= 0.3 is 0 Å². The minimum absolute atomic E-state index is 0.0424. The fourth-order valence-electron chi connectivity index (χ4n) is 1.17. The molecule has 0 aromatic heterocycles. The maximum Gasteiger partial charge on any atom is 0.264 e. The summed E-state index contributed by atoms with van der Waals surface area (Å²) >= 11 is 0. The number of halogens is 2. The second-order valence-electron chi connectivity index (χ2n) is 2.81. The van der Waals surface area contributed by atoms with Crippen molar-refractivity contribution in [2.45, 2.75) is 13.3 Å². The first kappa shape index (κ1) is 10.6. The number of carbonyl (C=O) groups excluding carboxylic acids is 1. The van der Waals surface area contributed by atoms with E-state index >= 15 is 0 Å². The zero-order valence-electron chi connectivity index (χ0n) is 7.88. The van der Waals surface area contributed by atoms with Crippen molar-refractivity contribution in [2.24, 2.45) is 0 Å². The Labute approximate surface area is 80.5 Å². The highest BCUT2D eigenvalue weighted by Gasteiger charge is 2.16. The van der Waals surface area contributed by atoms with Crippen LogP contribution >= 0.6 is 0 Å². The Bertz CT molecular complexity index is 348. The van der Waals surface area contributed by atoms with Crippen molar-refractivity contribution in [1.82, 2.24) is 0 Å². The van der Waals surface area contributed by atoms with Gasteiger partial charge in [0.2, 0.25) is 0 Å². The van der Waals surface area contributed by atoms with E-state index in [0.29, 0.717) is 5.75 Å². The van der Waals surface area contributed by atoms with Gasteiger partial charge in [0, 0.05) is 11.1 Å². The summed E-state index contributed by atoms with van der Waals surface area (Å²) in [5, 5.41) is 0. The average molecular weight is 200 g/mol. The van der Waals surface area contributed by atoms with Crippen molar-refractivity contribution in [3.05, 3.63) is 29.3 Å². The van der Waals surface area contributed by atoms with E-state index in [1.807, 2.05) is 0 Å². The molecule has 0 fully saturated rings.